The number of halogens is 3. The maximum Gasteiger partial charge on any atom is 0.422 e. The second-order valence-electron chi connectivity index (χ2n) is 4.07. The molecule has 0 aromatic heterocycles. The van der Waals surface area contributed by atoms with Gasteiger partial charge in [-0.05, 0) is 25.7 Å². The van der Waals surface area contributed by atoms with Crippen molar-refractivity contribution < 1.29 is 27.4 Å². The largest absolute Gasteiger partial charge is 0.440 e. The third-order valence-corrected chi connectivity index (χ3v) is 2.69. The summed E-state index contributed by atoms with van der Waals surface area (Å²) < 4.78 is 44.6. The van der Waals surface area contributed by atoms with Gasteiger partial charge in [0.05, 0.1) is 0 Å². The van der Waals surface area contributed by atoms with Crippen LogP contribution in [-0.4, -0.2) is 38.1 Å². The standard InChI is InChI=1S/C10H16F3NO3/c1-7(8-2-4-16-5-3-8)14-9(15)17-6-10(11,12)13/h7-8H,2-6H2,1H3,(H,14,15). The molecule has 0 radical (unpaired) electrons. The van der Waals surface area contributed by atoms with Crippen molar-refractivity contribution in [1.82, 2.24) is 5.32 Å². The number of amides is 1. The lowest BCUT2D eigenvalue weighted by molar-refractivity contribution is -0.160. The number of nitrogens with one attached hydrogen (secondary N) is 1. The quantitative estimate of drug-likeness (QED) is 0.840. The van der Waals surface area contributed by atoms with E-state index in [0.717, 1.165) is 12.8 Å². The van der Waals surface area contributed by atoms with E-state index in [-0.39, 0.29) is 12.0 Å². The minimum Gasteiger partial charge on any atom is -0.440 e. The van der Waals surface area contributed by atoms with Crippen molar-refractivity contribution in [2.75, 3.05) is 19.8 Å². The van der Waals surface area contributed by atoms with Gasteiger partial charge in [0.1, 0.15) is 0 Å². The van der Waals surface area contributed by atoms with E-state index in [1.54, 1.807) is 6.92 Å². The minimum absolute atomic E-state index is 0.209. The first kappa shape index (κ1) is 14.1. The van der Waals surface area contributed by atoms with Gasteiger partial charge in [-0.15, -0.1) is 0 Å². The molecule has 0 saturated carbocycles. The zero-order chi connectivity index (χ0) is 12.9. The van der Waals surface area contributed by atoms with Gasteiger partial charge in [0.15, 0.2) is 6.61 Å². The van der Waals surface area contributed by atoms with E-state index < -0.39 is 18.9 Å². The lowest BCUT2D eigenvalue weighted by atomic mass is 9.93. The summed E-state index contributed by atoms with van der Waals surface area (Å²) in [6, 6.07) is -0.209. The predicted octanol–water partition coefficient (Wildman–Crippen LogP) is 2.09. The first-order valence-corrected chi connectivity index (χ1v) is 5.46. The normalized spacial score (nSPS) is 19.8. The van der Waals surface area contributed by atoms with Crippen LogP contribution in [0.4, 0.5) is 18.0 Å². The SMILES string of the molecule is CC(NC(=O)OCC(F)(F)F)C1CCOCC1. The molecule has 1 saturated heterocycles. The zero-order valence-corrected chi connectivity index (χ0v) is 9.55. The molecular weight excluding hydrogens is 239 g/mol. The van der Waals surface area contributed by atoms with Crippen LogP contribution in [0.2, 0.25) is 0 Å². The Bertz CT molecular complexity index is 252. The average Bonchev–Trinajstić information content (AvgIpc) is 2.27. The van der Waals surface area contributed by atoms with Gasteiger partial charge in [0, 0.05) is 19.3 Å². The van der Waals surface area contributed by atoms with Gasteiger partial charge in [0.2, 0.25) is 0 Å². The maximum atomic E-state index is 11.8. The Morgan fingerprint density at radius 1 is 1.47 bits per heavy atom. The number of hydrogen-bond donors (Lipinski definition) is 1. The van der Waals surface area contributed by atoms with Crippen LogP contribution >= 0.6 is 0 Å². The topological polar surface area (TPSA) is 47.6 Å². The molecule has 1 heterocycles. The number of carbonyl (C=O) groups excluding carboxylic acids is 1. The van der Waals surface area contributed by atoms with Crippen LogP contribution < -0.4 is 5.32 Å². The number of ether oxygens (including phenoxy) is 2. The Morgan fingerprint density at radius 3 is 2.59 bits per heavy atom. The number of alkyl halides is 3. The van der Waals surface area contributed by atoms with Crippen LogP contribution in [0.25, 0.3) is 0 Å². The summed E-state index contributed by atoms with van der Waals surface area (Å²) in [5.41, 5.74) is 0. The highest BCUT2D eigenvalue weighted by molar-refractivity contribution is 5.67. The molecule has 1 N–H and O–H groups in total. The number of carbonyl (C=O) groups is 1. The Labute approximate surface area is 97.5 Å². The van der Waals surface area contributed by atoms with Crippen molar-refractivity contribution in [1.29, 1.82) is 0 Å². The molecule has 0 aromatic rings. The lowest BCUT2D eigenvalue weighted by Gasteiger charge is -2.28. The van der Waals surface area contributed by atoms with Crippen molar-refractivity contribution in [2.24, 2.45) is 5.92 Å². The van der Waals surface area contributed by atoms with Crippen LogP contribution in [0.1, 0.15) is 19.8 Å². The Hall–Kier alpha value is -0.980. The van der Waals surface area contributed by atoms with Gasteiger partial charge in [-0.3, -0.25) is 0 Å². The highest BCUT2D eigenvalue weighted by atomic mass is 19.4. The lowest BCUT2D eigenvalue weighted by Crippen LogP contribution is -2.41. The molecule has 1 aliphatic rings. The van der Waals surface area contributed by atoms with Crippen LogP contribution in [0.15, 0.2) is 0 Å². The fourth-order valence-corrected chi connectivity index (χ4v) is 1.71. The number of hydrogen-bond acceptors (Lipinski definition) is 3. The molecule has 1 unspecified atom stereocenters. The molecule has 7 heteroatoms. The van der Waals surface area contributed by atoms with E-state index in [1.165, 1.54) is 0 Å². The van der Waals surface area contributed by atoms with Crippen LogP contribution in [-0.2, 0) is 9.47 Å². The summed E-state index contributed by atoms with van der Waals surface area (Å²) in [7, 11) is 0. The van der Waals surface area contributed by atoms with Gasteiger partial charge < -0.3 is 14.8 Å². The first-order valence-electron chi connectivity index (χ1n) is 5.46. The second-order valence-corrected chi connectivity index (χ2v) is 4.07. The highest BCUT2D eigenvalue weighted by Crippen LogP contribution is 2.19. The van der Waals surface area contributed by atoms with E-state index in [1.807, 2.05) is 0 Å². The monoisotopic (exact) mass is 255 g/mol. The van der Waals surface area contributed by atoms with E-state index in [0.29, 0.717) is 13.2 Å². The van der Waals surface area contributed by atoms with Gasteiger partial charge in [-0.1, -0.05) is 0 Å². The third kappa shape index (κ3) is 5.76. The summed E-state index contributed by atoms with van der Waals surface area (Å²) in [6.07, 6.45) is -3.93. The van der Waals surface area contributed by atoms with E-state index in [2.05, 4.69) is 10.1 Å². The summed E-state index contributed by atoms with van der Waals surface area (Å²) in [6.45, 7) is 1.44. The molecule has 1 amide bonds. The summed E-state index contributed by atoms with van der Waals surface area (Å²) in [4.78, 5) is 11.1. The van der Waals surface area contributed by atoms with Crippen molar-refractivity contribution in [3.05, 3.63) is 0 Å². The van der Waals surface area contributed by atoms with Crippen LogP contribution in [0.5, 0.6) is 0 Å². The molecule has 4 nitrogen and oxygen atoms in total. The Morgan fingerprint density at radius 2 is 2.06 bits per heavy atom. The van der Waals surface area contributed by atoms with Gasteiger partial charge >= 0.3 is 12.3 Å². The van der Waals surface area contributed by atoms with E-state index >= 15 is 0 Å². The highest BCUT2D eigenvalue weighted by Gasteiger charge is 2.30. The first-order chi connectivity index (χ1) is 7.88. The zero-order valence-electron chi connectivity index (χ0n) is 9.55. The van der Waals surface area contributed by atoms with E-state index in [4.69, 9.17) is 4.74 Å². The smallest absolute Gasteiger partial charge is 0.422 e. The molecule has 1 atom stereocenters. The molecular formula is C10H16F3NO3. The number of rotatable bonds is 3. The van der Waals surface area contributed by atoms with Crippen molar-refractivity contribution in [2.45, 2.75) is 32.0 Å². The fraction of sp³-hybridized carbons (Fsp3) is 0.900. The summed E-state index contributed by atoms with van der Waals surface area (Å²) in [5, 5.41) is 2.41. The molecule has 17 heavy (non-hydrogen) atoms. The van der Waals surface area contributed by atoms with Crippen molar-refractivity contribution in [3.8, 4) is 0 Å². The van der Waals surface area contributed by atoms with Crippen molar-refractivity contribution >= 4 is 6.09 Å². The van der Waals surface area contributed by atoms with Crippen LogP contribution in [0, 0.1) is 5.92 Å². The van der Waals surface area contributed by atoms with Gasteiger partial charge in [-0.25, -0.2) is 4.79 Å². The fourth-order valence-electron chi connectivity index (χ4n) is 1.71. The molecule has 1 aliphatic heterocycles. The molecule has 100 valence electrons. The van der Waals surface area contributed by atoms with Crippen molar-refractivity contribution in [3.63, 3.8) is 0 Å². The summed E-state index contributed by atoms with van der Waals surface area (Å²) >= 11 is 0. The molecule has 1 fully saturated rings. The maximum absolute atomic E-state index is 11.8. The van der Waals surface area contributed by atoms with Crippen LogP contribution in [0.3, 0.4) is 0 Å². The molecule has 1 rings (SSSR count). The third-order valence-electron chi connectivity index (χ3n) is 2.69. The Kier molecular flexibility index (Phi) is 5.04. The second kappa shape index (κ2) is 6.09. The van der Waals surface area contributed by atoms with Gasteiger partial charge in [-0.2, -0.15) is 13.2 Å². The molecule has 0 bridgehead atoms. The van der Waals surface area contributed by atoms with Gasteiger partial charge in [0.25, 0.3) is 0 Å². The molecule has 0 aliphatic carbocycles. The Balaban J connectivity index is 2.25. The van der Waals surface area contributed by atoms with E-state index in [9.17, 15) is 18.0 Å². The minimum atomic E-state index is -4.49. The molecule has 0 aromatic carbocycles. The summed E-state index contributed by atoms with van der Waals surface area (Å²) in [5.74, 6) is 0.224. The number of alkyl carbamates (subject to hydrolysis) is 1. The predicted molar refractivity (Wildman–Crippen MR) is 53.5 cm³/mol. The average molecular weight is 255 g/mol. The molecule has 0 spiro atoms.